The van der Waals surface area contributed by atoms with Gasteiger partial charge in [0.15, 0.2) is 0 Å². The van der Waals surface area contributed by atoms with Crippen molar-refractivity contribution in [3.8, 4) is 0 Å². The molecule has 0 spiro atoms. The zero-order valence-electron chi connectivity index (χ0n) is 13.0. The third-order valence-corrected chi connectivity index (χ3v) is 4.11. The first-order valence-electron chi connectivity index (χ1n) is 8.03. The van der Waals surface area contributed by atoms with Crippen molar-refractivity contribution in [2.75, 3.05) is 16.8 Å². The first-order valence-corrected chi connectivity index (χ1v) is 8.03. The summed E-state index contributed by atoms with van der Waals surface area (Å²) in [5, 5.41) is 2.96. The van der Waals surface area contributed by atoms with Gasteiger partial charge in [-0.2, -0.15) is 0 Å². The second kappa shape index (κ2) is 6.65. The van der Waals surface area contributed by atoms with Crippen LogP contribution in [0.5, 0.6) is 0 Å². The predicted molar refractivity (Wildman–Crippen MR) is 91.7 cm³/mol. The summed E-state index contributed by atoms with van der Waals surface area (Å²) >= 11 is 0. The molecule has 3 rings (SSSR count). The van der Waals surface area contributed by atoms with E-state index in [1.807, 2.05) is 12.1 Å². The molecule has 22 heavy (non-hydrogen) atoms. The number of amides is 1. The molecule has 0 aromatic heterocycles. The van der Waals surface area contributed by atoms with Crippen LogP contribution >= 0.6 is 0 Å². The van der Waals surface area contributed by atoms with E-state index in [1.165, 1.54) is 16.9 Å². The van der Waals surface area contributed by atoms with Crippen molar-refractivity contribution in [2.24, 2.45) is 0 Å². The molecule has 0 fully saturated rings. The van der Waals surface area contributed by atoms with Crippen LogP contribution in [0.2, 0.25) is 0 Å². The van der Waals surface area contributed by atoms with E-state index in [-0.39, 0.29) is 5.91 Å². The van der Waals surface area contributed by atoms with Gasteiger partial charge in [-0.1, -0.05) is 31.5 Å². The topological polar surface area (TPSA) is 32.3 Å². The average molecular weight is 294 g/mol. The standard InChI is InChI=1S/C19H22N2O/c1-2-3-8-19(22)20-16-9-11-17(12-10-16)21-14-13-15-6-4-5-7-18(15)21/h4-7,9-12H,2-3,8,13-14H2,1H3,(H,20,22). The van der Waals surface area contributed by atoms with Crippen LogP contribution in [0.4, 0.5) is 17.1 Å². The van der Waals surface area contributed by atoms with E-state index < -0.39 is 0 Å². The number of hydrogen-bond acceptors (Lipinski definition) is 2. The van der Waals surface area contributed by atoms with E-state index in [9.17, 15) is 4.79 Å². The van der Waals surface area contributed by atoms with E-state index >= 15 is 0 Å². The first-order chi connectivity index (χ1) is 10.8. The third kappa shape index (κ3) is 3.14. The third-order valence-electron chi connectivity index (χ3n) is 4.11. The van der Waals surface area contributed by atoms with E-state index in [0.29, 0.717) is 6.42 Å². The number of nitrogens with one attached hydrogen (secondary N) is 1. The van der Waals surface area contributed by atoms with Gasteiger partial charge in [-0.05, 0) is 48.7 Å². The number of nitrogens with zero attached hydrogens (tertiary/aromatic N) is 1. The first kappa shape index (κ1) is 14.6. The molecule has 114 valence electrons. The van der Waals surface area contributed by atoms with E-state index in [1.54, 1.807) is 0 Å². The Hall–Kier alpha value is -2.29. The zero-order chi connectivity index (χ0) is 15.4. The molecule has 0 radical (unpaired) electrons. The molecule has 2 aromatic carbocycles. The number of rotatable bonds is 5. The van der Waals surface area contributed by atoms with Gasteiger partial charge in [-0.25, -0.2) is 0 Å². The maximum atomic E-state index is 11.8. The molecule has 3 heteroatoms. The van der Waals surface area contributed by atoms with Gasteiger partial charge in [0.25, 0.3) is 0 Å². The molecule has 1 amide bonds. The molecular weight excluding hydrogens is 272 g/mol. The Balaban J connectivity index is 1.69. The lowest BCUT2D eigenvalue weighted by Gasteiger charge is -2.20. The highest BCUT2D eigenvalue weighted by molar-refractivity contribution is 5.91. The fourth-order valence-electron chi connectivity index (χ4n) is 2.89. The molecule has 1 aliphatic rings. The summed E-state index contributed by atoms with van der Waals surface area (Å²) in [6, 6.07) is 16.7. The lowest BCUT2D eigenvalue weighted by Crippen LogP contribution is -2.14. The summed E-state index contributed by atoms with van der Waals surface area (Å²) in [5.41, 5.74) is 4.75. The van der Waals surface area contributed by atoms with Crippen LogP contribution in [0, 0.1) is 0 Å². The van der Waals surface area contributed by atoms with Crippen LogP contribution in [-0.2, 0) is 11.2 Å². The van der Waals surface area contributed by atoms with Crippen LogP contribution in [0.1, 0.15) is 31.7 Å². The van der Waals surface area contributed by atoms with Gasteiger partial charge in [-0.15, -0.1) is 0 Å². The Morgan fingerprint density at radius 1 is 1.14 bits per heavy atom. The minimum atomic E-state index is 0.0983. The number of para-hydroxylation sites is 1. The van der Waals surface area contributed by atoms with Gasteiger partial charge in [-0.3, -0.25) is 4.79 Å². The summed E-state index contributed by atoms with van der Waals surface area (Å²) in [6.45, 7) is 3.11. The van der Waals surface area contributed by atoms with Crippen LogP contribution in [0.15, 0.2) is 48.5 Å². The smallest absolute Gasteiger partial charge is 0.224 e. The maximum Gasteiger partial charge on any atom is 0.224 e. The normalized spacial score (nSPS) is 13.0. The van der Waals surface area contributed by atoms with Gasteiger partial charge in [0.05, 0.1) is 0 Å². The maximum absolute atomic E-state index is 11.8. The minimum absolute atomic E-state index is 0.0983. The quantitative estimate of drug-likeness (QED) is 0.880. The zero-order valence-corrected chi connectivity index (χ0v) is 13.0. The average Bonchev–Trinajstić information content (AvgIpc) is 2.98. The fourth-order valence-corrected chi connectivity index (χ4v) is 2.89. The summed E-state index contributed by atoms with van der Waals surface area (Å²) < 4.78 is 0. The van der Waals surface area contributed by atoms with Crippen LogP contribution < -0.4 is 10.2 Å². The number of anilines is 3. The van der Waals surface area contributed by atoms with Crippen molar-refractivity contribution in [1.29, 1.82) is 0 Å². The highest BCUT2D eigenvalue weighted by atomic mass is 16.1. The molecular formula is C19H22N2O. The van der Waals surface area contributed by atoms with Gasteiger partial charge < -0.3 is 10.2 Å². The Kier molecular flexibility index (Phi) is 4.42. The van der Waals surface area contributed by atoms with E-state index in [0.717, 1.165) is 31.5 Å². The second-order valence-corrected chi connectivity index (χ2v) is 5.73. The Labute approximate surface area is 132 Å². The van der Waals surface area contributed by atoms with Crippen molar-refractivity contribution in [3.05, 3.63) is 54.1 Å². The van der Waals surface area contributed by atoms with Gasteiger partial charge >= 0.3 is 0 Å². The number of carbonyl (C=O) groups is 1. The van der Waals surface area contributed by atoms with Crippen LogP contribution in [-0.4, -0.2) is 12.5 Å². The molecule has 3 nitrogen and oxygen atoms in total. The van der Waals surface area contributed by atoms with Crippen molar-refractivity contribution in [3.63, 3.8) is 0 Å². The second-order valence-electron chi connectivity index (χ2n) is 5.73. The molecule has 0 bridgehead atoms. The highest BCUT2D eigenvalue weighted by Gasteiger charge is 2.19. The number of carbonyl (C=O) groups excluding carboxylic acids is 1. The Bertz CT molecular complexity index is 649. The molecule has 1 aliphatic heterocycles. The monoisotopic (exact) mass is 294 g/mol. The van der Waals surface area contributed by atoms with Crippen LogP contribution in [0.3, 0.4) is 0 Å². The van der Waals surface area contributed by atoms with Crippen molar-refractivity contribution < 1.29 is 4.79 Å². The lowest BCUT2D eigenvalue weighted by molar-refractivity contribution is -0.116. The molecule has 0 saturated carbocycles. The molecule has 2 aromatic rings. The SMILES string of the molecule is CCCCC(=O)Nc1ccc(N2CCc3ccccc32)cc1. The number of hydrogen-bond donors (Lipinski definition) is 1. The summed E-state index contributed by atoms with van der Waals surface area (Å²) in [6.07, 6.45) is 3.67. The lowest BCUT2D eigenvalue weighted by atomic mass is 10.2. The van der Waals surface area contributed by atoms with E-state index in [4.69, 9.17) is 0 Å². The molecule has 0 saturated heterocycles. The minimum Gasteiger partial charge on any atom is -0.341 e. The highest BCUT2D eigenvalue weighted by Crippen LogP contribution is 2.34. The van der Waals surface area contributed by atoms with Crippen molar-refractivity contribution in [2.45, 2.75) is 32.6 Å². The number of fused-ring (bicyclic) bond motifs is 1. The number of unbranched alkanes of at least 4 members (excludes halogenated alkanes) is 1. The van der Waals surface area contributed by atoms with Gasteiger partial charge in [0.1, 0.15) is 0 Å². The Morgan fingerprint density at radius 2 is 1.91 bits per heavy atom. The molecule has 0 atom stereocenters. The van der Waals surface area contributed by atoms with Crippen LogP contribution in [0.25, 0.3) is 0 Å². The van der Waals surface area contributed by atoms with Gasteiger partial charge in [0.2, 0.25) is 5.91 Å². The Morgan fingerprint density at radius 3 is 2.68 bits per heavy atom. The summed E-state index contributed by atoms with van der Waals surface area (Å²) in [7, 11) is 0. The van der Waals surface area contributed by atoms with Gasteiger partial charge in [0, 0.05) is 30.0 Å². The van der Waals surface area contributed by atoms with E-state index in [2.05, 4.69) is 53.5 Å². The predicted octanol–water partition coefficient (Wildman–Crippen LogP) is 4.51. The largest absolute Gasteiger partial charge is 0.341 e. The molecule has 0 aliphatic carbocycles. The molecule has 0 unspecified atom stereocenters. The molecule has 1 N–H and O–H groups in total. The fraction of sp³-hybridized carbons (Fsp3) is 0.316. The van der Waals surface area contributed by atoms with Crippen molar-refractivity contribution in [1.82, 2.24) is 0 Å². The summed E-state index contributed by atoms with van der Waals surface area (Å²) in [4.78, 5) is 14.1. The number of benzene rings is 2. The summed E-state index contributed by atoms with van der Waals surface area (Å²) in [5.74, 6) is 0.0983. The van der Waals surface area contributed by atoms with Crippen molar-refractivity contribution >= 4 is 23.0 Å². The molecule has 1 heterocycles.